The molecular formula is C7H13NO2. The molecule has 0 fully saturated rings. The second-order valence-corrected chi connectivity index (χ2v) is 2.35. The molecule has 58 valence electrons. The third kappa shape index (κ3) is 1.80. The van der Waals surface area contributed by atoms with Crippen molar-refractivity contribution in [1.82, 2.24) is 5.32 Å². The Morgan fingerprint density at radius 1 is 1.90 bits per heavy atom. The Bertz CT molecular complexity index is 125. The zero-order valence-corrected chi connectivity index (χ0v) is 6.08. The number of hydrogen-bond acceptors (Lipinski definition) is 3. The summed E-state index contributed by atoms with van der Waals surface area (Å²) < 4.78 is 5.17. The minimum atomic E-state index is -0.413. The van der Waals surface area contributed by atoms with Crippen LogP contribution in [-0.4, -0.2) is 37.5 Å². The molecule has 10 heavy (non-hydrogen) atoms. The van der Waals surface area contributed by atoms with E-state index in [-0.39, 0.29) is 6.10 Å². The lowest BCUT2D eigenvalue weighted by molar-refractivity contribution is 0.0151. The summed E-state index contributed by atoms with van der Waals surface area (Å²) in [4.78, 5) is 0. The molecule has 1 heterocycles. The number of hydrogen-bond donors (Lipinski definition) is 2. The lowest BCUT2D eigenvalue weighted by Crippen LogP contribution is -2.33. The lowest BCUT2D eigenvalue weighted by atomic mass is 10.2. The summed E-state index contributed by atoms with van der Waals surface area (Å²) >= 11 is 0. The van der Waals surface area contributed by atoms with Crippen LogP contribution >= 0.6 is 0 Å². The molecule has 2 N–H and O–H groups in total. The third-order valence-corrected chi connectivity index (χ3v) is 1.50. The normalized spacial score (nSPS) is 27.2. The van der Waals surface area contributed by atoms with Crippen molar-refractivity contribution >= 4 is 0 Å². The van der Waals surface area contributed by atoms with E-state index in [2.05, 4.69) is 5.32 Å². The summed E-state index contributed by atoms with van der Waals surface area (Å²) in [5.74, 6) is 0. The van der Waals surface area contributed by atoms with E-state index in [1.165, 1.54) is 0 Å². The fraction of sp³-hybridized carbons (Fsp3) is 0.714. The van der Waals surface area contributed by atoms with Gasteiger partial charge in [0.2, 0.25) is 0 Å². The van der Waals surface area contributed by atoms with Crippen molar-refractivity contribution in [2.45, 2.75) is 12.2 Å². The molecule has 0 aromatic carbocycles. The van der Waals surface area contributed by atoms with Crippen LogP contribution < -0.4 is 5.32 Å². The fourth-order valence-electron chi connectivity index (χ4n) is 0.977. The van der Waals surface area contributed by atoms with E-state index in [4.69, 9.17) is 4.74 Å². The zero-order valence-electron chi connectivity index (χ0n) is 6.08. The molecule has 0 saturated heterocycles. The van der Waals surface area contributed by atoms with E-state index in [0.29, 0.717) is 13.2 Å². The maximum atomic E-state index is 9.31. The van der Waals surface area contributed by atoms with Gasteiger partial charge in [0.05, 0.1) is 12.7 Å². The maximum Gasteiger partial charge on any atom is 0.103 e. The van der Waals surface area contributed by atoms with Crippen molar-refractivity contribution in [2.24, 2.45) is 0 Å². The summed E-state index contributed by atoms with van der Waals surface area (Å²) in [5, 5.41) is 12.2. The van der Waals surface area contributed by atoms with Crippen molar-refractivity contribution in [3.8, 4) is 0 Å². The highest BCUT2D eigenvalue weighted by atomic mass is 16.5. The average Bonchev–Trinajstić information content (AvgIpc) is 2.38. The fourth-order valence-corrected chi connectivity index (χ4v) is 0.977. The van der Waals surface area contributed by atoms with Crippen molar-refractivity contribution in [1.29, 1.82) is 0 Å². The highest BCUT2D eigenvalue weighted by Crippen LogP contribution is 2.06. The van der Waals surface area contributed by atoms with Crippen molar-refractivity contribution in [3.63, 3.8) is 0 Å². The predicted molar refractivity (Wildman–Crippen MR) is 38.8 cm³/mol. The van der Waals surface area contributed by atoms with Crippen LogP contribution in [0.1, 0.15) is 0 Å². The molecule has 0 amide bonds. The van der Waals surface area contributed by atoms with Gasteiger partial charge < -0.3 is 15.2 Å². The second-order valence-electron chi connectivity index (χ2n) is 2.35. The summed E-state index contributed by atoms with van der Waals surface area (Å²) in [6, 6.07) is 0. The minimum Gasteiger partial charge on any atom is -0.389 e. The number of aliphatic hydroxyl groups excluding tert-OH is 1. The van der Waals surface area contributed by atoms with E-state index >= 15 is 0 Å². The van der Waals surface area contributed by atoms with Crippen molar-refractivity contribution in [3.05, 3.63) is 12.2 Å². The summed E-state index contributed by atoms with van der Waals surface area (Å²) in [5.41, 5.74) is 0. The smallest absolute Gasteiger partial charge is 0.103 e. The number of likely N-dealkylation sites (N-methyl/N-ethyl adjacent to an activating group) is 1. The summed E-state index contributed by atoms with van der Waals surface area (Å²) in [6.45, 7) is 1.21. The first-order chi connectivity index (χ1) is 4.84. The van der Waals surface area contributed by atoms with E-state index < -0.39 is 6.10 Å². The molecule has 0 radical (unpaired) electrons. The Morgan fingerprint density at radius 2 is 2.70 bits per heavy atom. The monoisotopic (exact) mass is 143 g/mol. The minimum absolute atomic E-state index is 0.104. The predicted octanol–water partition coefficient (Wildman–Crippen LogP) is -0.478. The van der Waals surface area contributed by atoms with E-state index in [1.807, 2.05) is 19.2 Å². The van der Waals surface area contributed by atoms with Gasteiger partial charge in [-0.05, 0) is 7.05 Å². The van der Waals surface area contributed by atoms with Crippen LogP contribution in [0.5, 0.6) is 0 Å². The molecular weight excluding hydrogens is 130 g/mol. The van der Waals surface area contributed by atoms with Gasteiger partial charge >= 0.3 is 0 Å². The van der Waals surface area contributed by atoms with Crippen LogP contribution in [0.2, 0.25) is 0 Å². The Balaban J connectivity index is 2.26. The van der Waals surface area contributed by atoms with Gasteiger partial charge in [0.15, 0.2) is 0 Å². The third-order valence-electron chi connectivity index (χ3n) is 1.50. The van der Waals surface area contributed by atoms with Gasteiger partial charge in [0, 0.05) is 6.54 Å². The van der Waals surface area contributed by atoms with E-state index in [0.717, 1.165) is 0 Å². The number of nitrogens with one attached hydrogen (secondary N) is 1. The molecule has 2 atom stereocenters. The van der Waals surface area contributed by atoms with Gasteiger partial charge in [-0.1, -0.05) is 12.2 Å². The number of rotatable bonds is 3. The van der Waals surface area contributed by atoms with Gasteiger partial charge in [-0.15, -0.1) is 0 Å². The molecule has 0 saturated carbocycles. The Labute approximate surface area is 60.7 Å². The zero-order chi connectivity index (χ0) is 7.40. The quantitative estimate of drug-likeness (QED) is 0.524. The maximum absolute atomic E-state index is 9.31. The van der Waals surface area contributed by atoms with Crippen molar-refractivity contribution in [2.75, 3.05) is 20.2 Å². The molecule has 0 aromatic heterocycles. The SMILES string of the molecule is CNCC(O)[C@@H]1C=CCO1. The molecule has 3 nitrogen and oxygen atoms in total. The number of ether oxygens (including phenoxy) is 1. The van der Waals surface area contributed by atoms with Crippen LogP contribution in [0.25, 0.3) is 0 Å². The van der Waals surface area contributed by atoms with Gasteiger partial charge in [0.25, 0.3) is 0 Å². The van der Waals surface area contributed by atoms with E-state index in [1.54, 1.807) is 0 Å². The van der Waals surface area contributed by atoms with Crippen LogP contribution in [0.3, 0.4) is 0 Å². The first kappa shape index (κ1) is 7.72. The van der Waals surface area contributed by atoms with Crippen LogP contribution in [-0.2, 0) is 4.74 Å². The molecule has 0 bridgehead atoms. The molecule has 0 spiro atoms. The lowest BCUT2D eigenvalue weighted by Gasteiger charge is -2.15. The molecule has 0 aromatic rings. The van der Waals surface area contributed by atoms with Crippen molar-refractivity contribution < 1.29 is 9.84 Å². The Morgan fingerprint density at radius 3 is 3.20 bits per heavy atom. The Hall–Kier alpha value is -0.380. The largest absolute Gasteiger partial charge is 0.389 e. The van der Waals surface area contributed by atoms with Crippen LogP contribution in [0.15, 0.2) is 12.2 Å². The number of aliphatic hydroxyl groups is 1. The summed E-state index contributed by atoms with van der Waals surface area (Å²) in [6.07, 6.45) is 3.29. The highest BCUT2D eigenvalue weighted by Gasteiger charge is 2.18. The molecule has 1 aliphatic rings. The van der Waals surface area contributed by atoms with Gasteiger partial charge in [-0.25, -0.2) is 0 Å². The average molecular weight is 143 g/mol. The topological polar surface area (TPSA) is 41.5 Å². The first-order valence-corrected chi connectivity index (χ1v) is 3.45. The molecule has 1 aliphatic heterocycles. The standard InChI is InChI=1S/C7H13NO2/c1-8-5-6(9)7-3-2-4-10-7/h2-3,6-9H,4-5H2,1H3/t6?,7-/m0/s1. The highest BCUT2D eigenvalue weighted by molar-refractivity contribution is 4.99. The van der Waals surface area contributed by atoms with E-state index in [9.17, 15) is 5.11 Å². The van der Waals surface area contributed by atoms with Crippen LogP contribution in [0, 0.1) is 0 Å². The Kier molecular flexibility index (Phi) is 2.86. The van der Waals surface area contributed by atoms with Crippen LogP contribution in [0.4, 0.5) is 0 Å². The molecule has 3 heteroatoms. The van der Waals surface area contributed by atoms with Gasteiger partial charge in [-0.2, -0.15) is 0 Å². The summed E-state index contributed by atoms with van der Waals surface area (Å²) in [7, 11) is 1.81. The van der Waals surface area contributed by atoms with Gasteiger partial charge in [-0.3, -0.25) is 0 Å². The molecule has 1 unspecified atom stereocenters. The van der Waals surface area contributed by atoms with Gasteiger partial charge in [0.1, 0.15) is 6.10 Å². The molecule has 0 aliphatic carbocycles. The first-order valence-electron chi connectivity index (χ1n) is 3.45. The second kappa shape index (κ2) is 3.71. The molecule has 1 rings (SSSR count).